The number of carbonyl (C=O) groups excluding carboxylic acids is 2. The smallest absolute Gasteiger partial charge is 0.332 e. The zero-order valence-electron chi connectivity index (χ0n) is 9.53. The van der Waals surface area contributed by atoms with Crippen LogP contribution in [0.15, 0.2) is 11.8 Å². The Kier molecular flexibility index (Phi) is 4.80. The van der Waals surface area contributed by atoms with Crippen LogP contribution in [0, 0.1) is 0 Å². The molecule has 5 heteroatoms. The van der Waals surface area contributed by atoms with Crippen molar-refractivity contribution in [2.75, 3.05) is 13.2 Å². The molecule has 1 rings (SSSR count). The van der Waals surface area contributed by atoms with Crippen LogP contribution in [0.1, 0.15) is 26.7 Å². The summed E-state index contributed by atoms with van der Waals surface area (Å²) in [5, 5.41) is -0.566. The minimum absolute atomic E-state index is 0.158. The molecule has 0 spiro atoms. The number of hydrogen-bond donors (Lipinski definition) is 0. The number of ether oxygens (including phenoxy) is 1. The molecule has 1 aliphatic heterocycles. The van der Waals surface area contributed by atoms with Gasteiger partial charge in [0, 0.05) is 18.3 Å². The van der Waals surface area contributed by atoms with Crippen molar-refractivity contribution in [3.63, 3.8) is 0 Å². The minimum Gasteiger partial charge on any atom is -0.463 e. The van der Waals surface area contributed by atoms with Crippen LogP contribution in [0.5, 0.6) is 0 Å². The number of halogens is 1. The summed E-state index contributed by atoms with van der Waals surface area (Å²) in [6.45, 7) is 4.34. The Bertz CT molecular complexity index is 312. The van der Waals surface area contributed by atoms with Gasteiger partial charge in [0.2, 0.25) is 5.91 Å². The Morgan fingerprint density at radius 1 is 1.62 bits per heavy atom. The van der Waals surface area contributed by atoms with Crippen molar-refractivity contribution in [2.24, 2.45) is 0 Å². The van der Waals surface area contributed by atoms with Crippen molar-refractivity contribution in [3.8, 4) is 0 Å². The predicted molar refractivity (Wildman–Crippen MR) is 61.0 cm³/mol. The third-order valence-corrected chi connectivity index (χ3v) is 2.53. The van der Waals surface area contributed by atoms with E-state index in [2.05, 4.69) is 0 Å². The number of carbonyl (C=O) groups is 2. The van der Waals surface area contributed by atoms with E-state index >= 15 is 0 Å². The molecule has 0 N–H and O–H groups in total. The predicted octanol–water partition coefficient (Wildman–Crippen LogP) is 1.68. The molecule has 1 saturated heterocycles. The van der Waals surface area contributed by atoms with Gasteiger partial charge in [0.1, 0.15) is 5.38 Å². The number of allylic oxidation sites excluding steroid dienone is 1. The second-order valence-electron chi connectivity index (χ2n) is 3.60. The van der Waals surface area contributed by atoms with Gasteiger partial charge in [-0.3, -0.25) is 4.79 Å². The average Bonchev–Trinajstić information content (AvgIpc) is 2.64. The van der Waals surface area contributed by atoms with Crippen molar-refractivity contribution in [1.29, 1.82) is 0 Å². The van der Waals surface area contributed by atoms with Gasteiger partial charge < -0.3 is 9.64 Å². The topological polar surface area (TPSA) is 46.6 Å². The van der Waals surface area contributed by atoms with Crippen LogP contribution in [-0.2, 0) is 14.3 Å². The molecule has 1 aliphatic rings. The molecule has 1 unspecified atom stereocenters. The number of amides is 1. The van der Waals surface area contributed by atoms with Crippen molar-refractivity contribution >= 4 is 23.5 Å². The first-order valence-corrected chi connectivity index (χ1v) is 5.82. The summed E-state index contributed by atoms with van der Waals surface area (Å²) in [7, 11) is 0. The third kappa shape index (κ3) is 3.23. The molecular formula is C11H16ClNO3. The highest BCUT2D eigenvalue weighted by Gasteiger charge is 2.26. The first kappa shape index (κ1) is 13.0. The van der Waals surface area contributed by atoms with Crippen LogP contribution >= 0.6 is 11.6 Å². The number of esters is 1. The fourth-order valence-electron chi connectivity index (χ4n) is 1.63. The van der Waals surface area contributed by atoms with Crippen LogP contribution in [0.3, 0.4) is 0 Å². The van der Waals surface area contributed by atoms with E-state index in [4.69, 9.17) is 16.3 Å². The van der Waals surface area contributed by atoms with E-state index in [-0.39, 0.29) is 5.91 Å². The Morgan fingerprint density at radius 3 is 2.88 bits per heavy atom. The zero-order chi connectivity index (χ0) is 12.1. The second-order valence-corrected chi connectivity index (χ2v) is 4.25. The summed E-state index contributed by atoms with van der Waals surface area (Å²) in [6.07, 6.45) is 2.96. The quantitative estimate of drug-likeness (QED) is 0.432. The SMILES string of the molecule is CCOC(=O)/C=C1\CCCN1C(=O)C(C)Cl. The summed E-state index contributed by atoms with van der Waals surface area (Å²) in [5.74, 6) is -0.561. The van der Waals surface area contributed by atoms with E-state index in [9.17, 15) is 9.59 Å². The van der Waals surface area contributed by atoms with E-state index in [0.717, 1.165) is 6.42 Å². The zero-order valence-corrected chi connectivity index (χ0v) is 10.3. The van der Waals surface area contributed by atoms with Crippen molar-refractivity contribution in [1.82, 2.24) is 4.90 Å². The molecule has 4 nitrogen and oxygen atoms in total. The molecule has 0 aromatic rings. The fourth-order valence-corrected chi connectivity index (χ4v) is 1.75. The van der Waals surface area contributed by atoms with Crippen LogP contribution in [-0.4, -0.2) is 35.3 Å². The Morgan fingerprint density at radius 2 is 2.31 bits per heavy atom. The number of alkyl halides is 1. The molecule has 0 bridgehead atoms. The van der Waals surface area contributed by atoms with Crippen LogP contribution in [0.2, 0.25) is 0 Å². The highest BCUT2D eigenvalue weighted by atomic mass is 35.5. The minimum atomic E-state index is -0.566. The first-order valence-electron chi connectivity index (χ1n) is 5.39. The van der Waals surface area contributed by atoms with Gasteiger partial charge in [0.25, 0.3) is 0 Å². The van der Waals surface area contributed by atoms with Gasteiger partial charge in [0.15, 0.2) is 0 Å². The number of hydrogen-bond acceptors (Lipinski definition) is 3. The molecule has 0 aliphatic carbocycles. The Balaban J connectivity index is 2.72. The molecule has 1 atom stereocenters. The second kappa shape index (κ2) is 5.89. The van der Waals surface area contributed by atoms with Crippen molar-refractivity contribution in [3.05, 3.63) is 11.8 Å². The summed E-state index contributed by atoms with van der Waals surface area (Å²) >= 11 is 5.74. The first-order chi connectivity index (χ1) is 7.56. The summed E-state index contributed by atoms with van der Waals surface area (Å²) in [6, 6.07) is 0. The standard InChI is InChI=1S/C11H16ClNO3/c1-3-16-10(14)7-9-5-4-6-13(9)11(15)8(2)12/h7-8H,3-6H2,1-2H3/b9-7+. The maximum absolute atomic E-state index is 11.7. The van der Waals surface area contributed by atoms with Crippen LogP contribution in [0.4, 0.5) is 0 Å². The maximum Gasteiger partial charge on any atom is 0.332 e. The van der Waals surface area contributed by atoms with E-state index in [1.165, 1.54) is 6.08 Å². The lowest BCUT2D eigenvalue weighted by Gasteiger charge is -2.18. The van der Waals surface area contributed by atoms with Gasteiger partial charge >= 0.3 is 5.97 Å². The Hall–Kier alpha value is -1.03. The van der Waals surface area contributed by atoms with E-state index < -0.39 is 11.3 Å². The summed E-state index contributed by atoms with van der Waals surface area (Å²) in [5.41, 5.74) is 0.705. The summed E-state index contributed by atoms with van der Waals surface area (Å²) < 4.78 is 4.81. The number of nitrogens with zero attached hydrogens (tertiary/aromatic N) is 1. The highest BCUT2D eigenvalue weighted by Crippen LogP contribution is 2.22. The molecule has 16 heavy (non-hydrogen) atoms. The Labute approximate surface area is 100 Å². The third-order valence-electron chi connectivity index (χ3n) is 2.34. The van der Waals surface area contributed by atoms with Gasteiger partial charge in [-0.05, 0) is 26.7 Å². The molecule has 0 aromatic heterocycles. The fraction of sp³-hybridized carbons (Fsp3) is 0.636. The molecule has 0 aromatic carbocycles. The molecule has 0 saturated carbocycles. The van der Waals surface area contributed by atoms with Gasteiger partial charge in [-0.1, -0.05) is 0 Å². The maximum atomic E-state index is 11.7. The van der Waals surface area contributed by atoms with Crippen LogP contribution in [0.25, 0.3) is 0 Å². The van der Waals surface area contributed by atoms with E-state index in [1.54, 1.807) is 18.7 Å². The van der Waals surface area contributed by atoms with Crippen molar-refractivity contribution < 1.29 is 14.3 Å². The van der Waals surface area contributed by atoms with E-state index in [0.29, 0.717) is 25.3 Å². The van der Waals surface area contributed by atoms with Gasteiger partial charge in [-0.2, -0.15) is 0 Å². The molecule has 1 heterocycles. The van der Waals surface area contributed by atoms with E-state index in [1.807, 2.05) is 0 Å². The lowest BCUT2D eigenvalue weighted by Crippen LogP contribution is -2.32. The van der Waals surface area contributed by atoms with Gasteiger partial charge in [-0.25, -0.2) is 4.79 Å². The molecule has 1 fully saturated rings. The summed E-state index contributed by atoms with van der Waals surface area (Å²) in [4.78, 5) is 24.5. The van der Waals surface area contributed by atoms with Crippen molar-refractivity contribution in [2.45, 2.75) is 32.1 Å². The van der Waals surface area contributed by atoms with Crippen LogP contribution < -0.4 is 0 Å². The largest absolute Gasteiger partial charge is 0.463 e. The van der Waals surface area contributed by atoms with Gasteiger partial charge in [0.05, 0.1) is 6.61 Å². The molecular weight excluding hydrogens is 230 g/mol. The molecule has 0 radical (unpaired) electrons. The van der Waals surface area contributed by atoms with Gasteiger partial charge in [-0.15, -0.1) is 11.6 Å². The lowest BCUT2D eigenvalue weighted by molar-refractivity contribution is -0.137. The lowest BCUT2D eigenvalue weighted by atomic mass is 10.3. The number of rotatable bonds is 3. The highest BCUT2D eigenvalue weighted by molar-refractivity contribution is 6.30. The normalized spacial score (nSPS) is 19.9. The molecule has 90 valence electrons. The molecule has 1 amide bonds. The number of likely N-dealkylation sites (tertiary alicyclic amines) is 1. The monoisotopic (exact) mass is 245 g/mol. The average molecular weight is 246 g/mol.